The van der Waals surface area contributed by atoms with Crippen LogP contribution in [-0.2, 0) is 14.5 Å². The summed E-state index contributed by atoms with van der Waals surface area (Å²) in [4.78, 5) is 29.1. The lowest BCUT2D eigenvalue weighted by Crippen LogP contribution is -2.34. The fourth-order valence-corrected chi connectivity index (χ4v) is 1.76. The lowest BCUT2D eigenvalue weighted by atomic mass is 9.90. The lowest BCUT2D eigenvalue weighted by Gasteiger charge is -2.30. The average Bonchev–Trinajstić information content (AvgIpc) is 2.35. The van der Waals surface area contributed by atoms with Crippen LogP contribution < -0.4 is 0 Å². The summed E-state index contributed by atoms with van der Waals surface area (Å²) in [5, 5.41) is 8.19. The van der Waals surface area contributed by atoms with E-state index in [0.717, 1.165) is 25.7 Å². The van der Waals surface area contributed by atoms with Crippen LogP contribution in [0.1, 0.15) is 59.3 Å². The van der Waals surface area contributed by atoms with Gasteiger partial charge in [-0.15, -0.1) is 0 Å². The number of carbonyl (C=O) groups is 2. The molecule has 0 atom stereocenters. The van der Waals surface area contributed by atoms with Crippen LogP contribution in [0.5, 0.6) is 0 Å². The third-order valence-corrected chi connectivity index (χ3v) is 3.01. The molecule has 0 aliphatic heterocycles. The first-order valence-corrected chi connectivity index (χ1v) is 6.30. The van der Waals surface area contributed by atoms with Gasteiger partial charge in [0, 0.05) is 0 Å². The molecule has 0 aliphatic carbocycles. The summed E-state index contributed by atoms with van der Waals surface area (Å²) in [5.41, 5.74) is -0.603. The summed E-state index contributed by atoms with van der Waals surface area (Å²) in [6.07, 6.45) is 2.32. The molecule has 0 fully saturated rings. The van der Waals surface area contributed by atoms with Gasteiger partial charge < -0.3 is 9.84 Å². The Bertz CT molecular complexity index is 259. The van der Waals surface area contributed by atoms with Crippen LogP contribution in [0.15, 0.2) is 0 Å². The highest BCUT2D eigenvalue weighted by Crippen LogP contribution is 2.28. The number of hydrogen-bond donors (Lipinski definition) is 1. The fraction of sp³-hybridized carbons (Fsp3) is 0.833. The first-order valence-electron chi connectivity index (χ1n) is 6.30. The Kier molecular flexibility index (Phi) is 7.91. The smallest absolute Gasteiger partial charge is 0.447 e. The summed E-state index contributed by atoms with van der Waals surface area (Å²) in [6.45, 7) is 5.93. The Morgan fingerprint density at radius 1 is 1.06 bits per heavy atom. The molecule has 18 heavy (non-hydrogen) atoms. The van der Waals surface area contributed by atoms with Crippen molar-refractivity contribution >= 4 is 12.3 Å². The summed E-state index contributed by atoms with van der Waals surface area (Å²) in [5.74, 6) is 0. The molecule has 0 aromatic carbocycles. The molecular weight excluding hydrogens is 240 g/mol. The number of hydrogen-bond acceptors (Lipinski definition) is 5. The molecule has 0 amide bonds. The van der Waals surface area contributed by atoms with Crippen LogP contribution >= 0.6 is 0 Å². The van der Waals surface area contributed by atoms with Gasteiger partial charge in [-0.3, -0.25) is 0 Å². The van der Waals surface area contributed by atoms with Gasteiger partial charge >= 0.3 is 12.3 Å². The largest absolute Gasteiger partial charge is 0.550 e. The fourth-order valence-electron chi connectivity index (χ4n) is 1.76. The Morgan fingerprint density at radius 3 is 2.11 bits per heavy atom. The summed E-state index contributed by atoms with van der Waals surface area (Å²) >= 11 is 0. The summed E-state index contributed by atoms with van der Waals surface area (Å²) in [7, 11) is 0. The van der Waals surface area contributed by atoms with Crippen molar-refractivity contribution in [2.75, 3.05) is 0 Å². The topological polar surface area (TPSA) is 82.1 Å². The van der Waals surface area contributed by atoms with Gasteiger partial charge in [-0.25, -0.2) is 9.68 Å². The normalized spacial score (nSPS) is 10.8. The average molecular weight is 262 g/mol. The van der Waals surface area contributed by atoms with E-state index >= 15 is 0 Å². The molecule has 6 heteroatoms. The van der Waals surface area contributed by atoms with E-state index in [-0.39, 0.29) is 0 Å². The zero-order valence-corrected chi connectivity index (χ0v) is 11.2. The molecule has 0 spiro atoms. The maximum atomic E-state index is 11.3. The molecule has 0 saturated carbocycles. The van der Waals surface area contributed by atoms with Crippen LogP contribution in [0, 0.1) is 0 Å². The molecule has 0 unspecified atom stereocenters. The second-order valence-corrected chi connectivity index (χ2v) is 4.13. The first kappa shape index (κ1) is 16.5. The molecule has 0 saturated heterocycles. The zero-order valence-electron chi connectivity index (χ0n) is 11.2. The molecule has 0 aromatic heterocycles. The maximum Gasteiger partial charge on any atom is 0.550 e. The standard InChI is InChI=1S/C12H22O6/c1-4-7-8-9-12(5-2,6-3)16-11(15)18-17-10(13)14/h4-9H2,1-3H3,(H,13,14). The van der Waals surface area contributed by atoms with Crippen molar-refractivity contribution < 1.29 is 29.2 Å². The van der Waals surface area contributed by atoms with Crippen molar-refractivity contribution in [1.29, 1.82) is 0 Å². The van der Waals surface area contributed by atoms with Crippen molar-refractivity contribution in [3.05, 3.63) is 0 Å². The van der Waals surface area contributed by atoms with Crippen molar-refractivity contribution in [3.63, 3.8) is 0 Å². The van der Waals surface area contributed by atoms with E-state index in [2.05, 4.69) is 16.7 Å². The second kappa shape index (κ2) is 8.60. The SMILES string of the molecule is CCCCCC(CC)(CC)OC(=O)OOC(=O)O. The van der Waals surface area contributed by atoms with E-state index in [1.165, 1.54) is 0 Å². The Hall–Kier alpha value is -1.46. The van der Waals surface area contributed by atoms with Gasteiger partial charge in [0.25, 0.3) is 0 Å². The quantitative estimate of drug-likeness (QED) is 0.324. The number of carbonyl (C=O) groups excluding carboxylic acids is 1. The van der Waals surface area contributed by atoms with Crippen molar-refractivity contribution in [1.82, 2.24) is 0 Å². The van der Waals surface area contributed by atoms with Crippen molar-refractivity contribution in [2.45, 2.75) is 64.9 Å². The van der Waals surface area contributed by atoms with E-state index in [1.54, 1.807) is 0 Å². The van der Waals surface area contributed by atoms with Gasteiger partial charge in [-0.05, 0) is 25.7 Å². The molecule has 106 valence electrons. The van der Waals surface area contributed by atoms with Crippen LogP contribution in [0.25, 0.3) is 0 Å². The monoisotopic (exact) mass is 262 g/mol. The van der Waals surface area contributed by atoms with Gasteiger partial charge in [0.1, 0.15) is 5.60 Å². The third-order valence-electron chi connectivity index (χ3n) is 3.01. The van der Waals surface area contributed by atoms with E-state index in [0.29, 0.717) is 12.8 Å². The minimum atomic E-state index is -1.68. The molecule has 0 radical (unpaired) electrons. The Labute approximate surface area is 107 Å². The molecule has 0 aliphatic rings. The maximum absolute atomic E-state index is 11.3. The van der Waals surface area contributed by atoms with Crippen LogP contribution in [0.3, 0.4) is 0 Å². The minimum Gasteiger partial charge on any atom is -0.447 e. The number of unbranched alkanes of at least 4 members (excludes halogenated alkanes) is 2. The van der Waals surface area contributed by atoms with E-state index in [1.807, 2.05) is 13.8 Å². The second-order valence-electron chi connectivity index (χ2n) is 4.13. The molecule has 0 aromatic rings. The molecule has 0 bridgehead atoms. The van der Waals surface area contributed by atoms with Crippen molar-refractivity contribution in [3.8, 4) is 0 Å². The van der Waals surface area contributed by atoms with Gasteiger partial charge in [-0.1, -0.05) is 33.6 Å². The van der Waals surface area contributed by atoms with Crippen molar-refractivity contribution in [2.24, 2.45) is 0 Å². The van der Waals surface area contributed by atoms with E-state index in [9.17, 15) is 9.59 Å². The Balaban J connectivity index is 4.30. The van der Waals surface area contributed by atoms with Gasteiger partial charge in [0.05, 0.1) is 0 Å². The minimum absolute atomic E-state index is 0.603. The molecule has 6 nitrogen and oxygen atoms in total. The van der Waals surface area contributed by atoms with E-state index < -0.39 is 17.9 Å². The molecule has 0 rings (SSSR count). The summed E-state index contributed by atoms with van der Waals surface area (Å²) < 4.78 is 5.18. The molecule has 1 N–H and O–H groups in total. The predicted octanol–water partition coefficient (Wildman–Crippen LogP) is 3.89. The number of rotatable bonds is 7. The van der Waals surface area contributed by atoms with E-state index in [4.69, 9.17) is 9.84 Å². The van der Waals surface area contributed by atoms with Gasteiger partial charge in [0.15, 0.2) is 0 Å². The molecular formula is C12H22O6. The number of carboxylic acid groups (broad SMARTS) is 1. The number of ether oxygens (including phenoxy) is 1. The van der Waals surface area contributed by atoms with Gasteiger partial charge in [0.2, 0.25) is 0 Å². The van der Waals surface area contributed by atoms with Crippen LogP contribution in [0.4, 0.5) is 9.59 Å². The summed E-state index contributed by atoms with van der Waals surface area (Å²) in [6, 6.07) is 0. The first-order chi connectivity index (χ1) is 8.49. The predicted molar refractivity (Wildman–Crippen MR) is 64.1 cm³/mol. The highest BCUT2D eigenvalue weighted by Gasteiger charge is 2.31. The van der Waals surface area contributed by atoms with Crippen LogP contribution in [0.2, 0.25) is 0 Å². The highest BCUT2D eigenvalue weighted by atomic mass is 17.3. The third kappa shape index (κ3) is 6.32. The molecule has 0 heterocycles. The Morgan fingerprint density at radius 2 is 1.67 bits per heavy atom. The highest BCUT2D eigenvalue weighted by molar-refractivity contribution is 5.62. The lowest BCUT2D eigenvalue weighted by molar-refractivity contribution is -0.225. The van der Waals surface area contributed by atoms with Crippen LogP contribution in [-0.4, -0.2) is 23.0 Å². The zero-order chi connectivity index (χ0) is 14.0. The van der Waals surface area contributed by atoms with Gasteiger partial charge in [-0.2, -0.15) is 9.68 Å².